The first-order valence-electron chi connectivity index (χ1n) is 7.92. The lowest BCUT2D eigenvalue weighted by Crippen LogP contribution is -2.26. The summed E-state index contributed by atoms with van der Waals surface area (Å²) in [5, 5.41) is 2.97. The smallest absolute Gasteiger partial charge is 0.226 e. The molecule has 0 spiro atoms. The Labute approximate surface area is 140 Å². The highest BCUT2D eigenvalue weighted by atomic mass is 16.5. The number of methoxy groups -OCH3 is 1. The van der Waals surface area contributed by atoms with Gasteiger partial charge in [-0.15, -0.1) is 0 Å². The summed E-state index contributed by atoms with van der Waals surface area (Å²) in [5.41, 5.74) is 2.70. The lowest BCUT2D eigenvalue weighted by atomic mass is 10.2. The topological polar surface area (TPSA) is 49.2 Å². The summed E-state index contributed by atoms with van der Waals surface area (Å²) < 4.78 is 5.14. The molecule has 0 fully saturated rings. The third-order valence-corrected chi connectivity index (χ3v) is 2.85. The van der Waals surface area contributed by atoms with Gasteiger partial charge in [0.05, 0.1) is 12.3 Å². The number of nitrogens with zero attached hydrogens (tertiary/aromatic N) is 3. The lowest BCUT2D eigenvalue weighted by molar-refractivity contribution is 0.205. The molecule has 1 N–H and O–H groups in total. The summed E-state index contributed by atoms with van der Waals surface area (Å²) in [6.45, 7) is 17.7. The maximum Gasteiger partial charge on any atom is 0.226 e. The van der Waals surface area contributed by atoms with Crippen molar-refractivity contribution >= 4 is 24.1 Å². The Morgan fingerprint density at radius 2 is 2.04 bits per heavy atom. The zero-order valence-corrected chi connectivity index (χ0v) is 15.1. The van der Waals surface area contributed by atoms with Crippen LogP contribution in [0.4, 0.5) is 11.4 Å². The van der Waals surface area contributed by atoms with Crippen molar-refractivity contribution in [3.63, 3.8) is 0 Å². The molecule has 1 aromatic rings. The molecule has 0 aromatic heterocycles. The van der Waals surface area contributed by atoms with E-state index in [0.717, 1.165) is 30.2 Å². The molecule has 0 amide bonds. The van der Waals surface area contributed by atoms with Gasteiger partial charge in [-0.1, -0.05) is 26.5 Å². The number of hydrogen-bond acceptors (Lipinski definition) is 3. The second-order valence-electron chi connectivity index (χ2n) is 4.59. The molecule has 0 aliphatic heterocycles. The zero-order chi connectivity index (χ0) is 17.7. The summed E-state index contributed by atoms with van der Waals surface area (Å²) in [7, 11) is 1.71. The molecule has 0 atom stereocenters. The Morgan fingerprint density at radius 3 is 2.57 bits per heavy atom. The lowest BCUT2D eigenvalue weighted by Gasteiger charge is -2.22. The molecular weight excluding hydrogens is 288 g/mol. The molecule has 0 unspecified atom stereocenters. The van der Waals surface area contributed by atoms with Crippen LogP contribution in [0.3, 0.4) is 0 Å². The van der Waals surface area contributed by atoms with Crippen molar-refractivity contribution in [2.24, 2.45) is 9.98 Å². The van der Waals surface area contributed by atoms with Crippen molar-refractivity contribution in [3.8, 4) is 0 Å². The molecular formula is C18H30N4O. The minimum atomic E-state index is 0.444. The van der Waals surface area contributed by atoms with Crippen LogP contribution in [0.25, 0.3) is 0 Å². The number of benzene rings is 1. The van der Waals surface area contributed by atoms with Crippen molar-refractivity contribution in [1.82, 2.24) is 5.32 Å². The zero-order valence-electron chi connectivity index (χ0n) is 15.1. The van der Waals surface area contributed by atoms with Crippen LogP contribution in [0.1, 0.15) is 27.7 Å². The van der Waals surface area contributed by atoms with Gasteiger partial charge in [0, 0.05) is 31.6 Å². The molecule has 0 heterocycles. The maximum absolute atomic E-state index is 5.14. The van der Waals surface area contributed by atoms with Gasteiger partial charge in [-0.2, -0.15) is 0 Å². The molecule has 23 heavy (non-hydrogen) atoms. The predicted molar refractivity (Wildman–Crippen MR) is 102 cm³/mol. The first-order valence-corrected chi connectivity index (χ1v) is 7.92. The third kappa shape index (κ3) is 8.16. The molecule has 0 bridgehead atoms. The Kier molecular flexibility index (Phi) is 11.3. The largest absolute Gasteiger partial charge is 0.383 e. The molecule has 5 nitrogen and oxygen atoms in total. The molecule has 128 valence electrons. The number of hydrogen-bond donors (Lipinski definition) is 1. The van der Waals surface area contributed by atoms with Gasteiger partial charge in [0.25, 0.3) is 0 Å². The van der Waals surface area contributed by atoms with Gasteiger partial charge in [0.2, 0.25) is 5.96 Å². The number of anilines is 1. The number of aliphatic imine (C=N–C) groups is 2. The molecule has 5 heteroatoms. The Hall–Kier alpha value is -2.14. The van der Waals surface area contributed by atoms with Gasteiger partial charge in [0.15, 0.2) is 0 Å². The van der Waals surface area contributed by atoms with E-state index in [2.05, 4.69) is 46.5 Å². The highest BCUT2D eigenvalue weighted by molar-refractivity contribution is 5.87. The van der Waals surface area contributed by atoms with Crippen molar-refractivity contribution < 1.29 is 4.74 Å². The maximum atomic E-state index is 5.14. The molecule has 1 rings (SSSR count). The van der Waals surface area contributed by atoms with Gasteiger partial charge >= 0.3 is 0 Å². The predicted octanol–water partition coefficient (Wildman–Crippen LogP) is 4.00. The van der Waals surface area contributed by atoms with E-state index in [0.29, 0.717) is 12.6 Å². The van der Waals surface area contributed by atoms with Gasteiger partial charge in [-0.05, 0) is 38.8 Å². The molecule has 0 aliphatic rings. The second kappa shape index (κ2) is 12.4. The second-order valence-corrected chi connectivity index (χ2v) is 4.59. The van der Waals surface area contributed by atoms with E-state index in [-0.39, 0.29) is 0 Å². The SMILES string of the molecule is C=NC(=Nc1cccc(N(CC)CCOC)c1)NC(=C)C.CC. The van der Waals surface area contributed by atoms with E-state index in [9.17, 15) is 0 Å². The van der Waals surface area contributed by atoms with Crippen LogP contribution in [0.2, 0.25) is 0 Å². The molecule has 0 saturated carbocycles. The van der Waals surface area contributed by atoms with Crippen LogP contribution >= 0.6 is 0 Å². The van der Waals surface area contributed by atoms with Crippen LogP contribution < -0.4 is 10.2 Å². The molecule has 0 radical (unpaired) electrons. The van der Waals surface area contributed by atoms with E-state index in [4.69, 9.17) is 4.74 Å². The summed E-state index contributed by atoms with van der Waals surface area (Å²) >= 11 is 0. The number of allylic oxidation sites excluding steroid dienone is 1. The van der Waals surface area contributed by atoms with Crippen molar-refractivity contribution in [3.05, 3.63) is 36.5 Å². The summed E-state index contributed by atoms with van der Waals surface area (Å²) in [4.78, 5) is 10.5. The van der Waals surface area contributed by atoms with Gasteiger partial charge in [-0.25, -0.2) is 9.98 Å². The Balaban J connectivity index is 0.00000232. The van der Waals surface area contributed by atoms with E-state index < -0.39 is 0 Å². The van der Waals surface area contributed by atoms with E-state index >= 15 is 0 Å². The van der Waals surface area contributed by atoms with Crippen molar-refractivity contribution in [2.75, 3.05) is 31.7 Å². The van der Waals surface area contributed by atoms with E-state index in [1.807, 2.05) is 39.0 Å². The molecule has 0 aliphatic carbocycles. The van der Waals surface area contributed by atoms with Crippen LogP contribution in [0.5, 0.6) is 0 Å². The highest BCUT2D eigenvalue weighted by Crippen LogP contribution is 2.21. The number of rotatable bonds is 7. The molecule has 0 saturated heterocycles. The summed E-state index contributed by atoms with van der Waals surface area (Å²) in [6, 6.07) is 7.99. The highest BCUT2D eigenvalue weighted by Gasteiger charge is 2.05. The van der Waals surface area contributed by atoms with Crippen molar-refractivity contribution in [1.29, 1.82) is 0 Å². The number of nitrogens with one attached hydrogen (secondary N) is 1. The van der Waals surface area contributed by atoms with Gasteiger partial charge in [-0.3, -0.25) is 0 Å². The third-order valence-electron chi connectivity index (χ3n) is 2.85. The monoisotopic (exact) mass is 318 g/mol. The minimum Gasteiger partial charge on any atom is -0.383 e. The molecule has 1 aromatic carbocycles. The van der Waals surface area contributed by atoms with Crippen LogP contribution in [-0.2, 0) is 4.74 Å². The standard InChI is InChI=1S/C16H24N4O.C2H6/c1-6-20(10-11-21-5)15-9-7-8-14(12-15)19-16(17-4)18-13(2)3;1-2/h7-9,12H,2,4,6,10-11H2,1,3,5H3,(H,18,19);1-2H3. The van der Waals surface area contributed by atoms with Crippen LogP contribution in [0.15, 0.2) is 46.5 Å². The van der Waals surface area contributed by atoms with Crippen LogP contribution in [0, 0.1) is 0 Å². The average molecular weight is 318 g/mol. The summed E-state index contributed by atoms with van der Waals surface area (Å²) in [6.07, 6.45) is 0. The van der Waals surface area contributed by atoms with Crippen molar-refractivity contribution in [2.45, 2.75) is 27.7 Å². The number of likely N-dealkylation sites (N-methyl/N-ethyl adjacent to an activating group) is 1. The Bertz CT molecular complexity index is 511. The fourth-order valence-corrected chi connectivity index (χ4v) is 1.85. The van der Waals surface area contributed by atoms with Crippen LogP contribution in [-0.4, -0.2) is 39.5 Å². The first kappa shape index (κ1) is 20.9. The first-order chi connectivity index (χ1) is 11.1. The van der Waals surface area contributed by atoms with E-state index in [1.165, 1.54) is 0 Å². The quantitative estimate of drug-likeness (QED) is 0.611. The van der Waals surface area contributed by atoms with Gasteiger partial charge in [0.1, 0.15) is 0 Å². The van der Waals surface area contributed by atoms with Gasteiger partial charge < -0.3 is 15.0 Å². The summed E-state index contributed by atoms with van der Waals surface area (Å²) in [5.74, 6) is 0.444. The number of guanidine groups is 1. The normalized spacial score (nSPS) is 10.4. The average Bonchev–Trinajstić information content (AvgIpc) is 2.57. The fourth-order valence-electron chi connectivity index (χ4n) is 1.85. The van der Waals surface area contributed by atoms with E-state index in [1.54, 1.807) is 7.11 Å². The minimum absolute atomic E-state index is 0.444. The fraction of sp³-hybridized carbons (Fsp3) is 0.444. The Morgan fingerprint density at radius 1 is 1.35 bits per heavy atom. The number of ether oxygens (including phenoxy) is 1.